The van der Waals surface area contributed by atoms with Gasteiger partial charge in [-0.2, -0.15) is 0 Å². The molecule has 29 heavy (non-hydrogen) atoms. The standard InChI is InChI=1S/C27H33FO/c1-4-5-21-6-12-24(13-7-21)20(2)18-23-9-15-25(27(28)19-23)14-8-22-10-16-26(29-3)17-11-22/h9-11,15-17,19-21,24H,4-7,12-13,18H2,1-3H3. The van der Waals surface area contributed by atoms with E-state index in [9.17, 15) is 4.39 Å². The Morgan fingerprint density at radius 1 is 1.03 bits per heavy atom. The van der Waals surface area contributed by atoms with Gasteiger partial charge in [0.25, 0.3) is 0 Å². The van der Waals surface area contributed by atoms with E-state index in [1.54, 1.807) is 13.2 Å². The van der Waals surface area contributed by atoms with Gasteiger partial charge in [0, 0.05) is 5.56 Å². The van der Waals surface area contributed by atoms with Crippen molar-refractivity contribution in [2.45, 2.75) is 58.8 Å². The zero-order valence-corrected chi connectivity index (χ0v) is 18.0. The summed E-state index contributed by atoms with van der Waals surface area (Å²) in [4.78, 5) is 0. The first-order chi connectivity index (χ1) is 14.1. The van der Waals surface area contributed by atoms with Gasteiger partial charge < -0.3 is 4.74 Å². The molecule has 0 saturated heterocycles. The molecule has 1 aliphatic carbocycles. The van der Waals surface area contributed by atoms with Crippen molar-refractivity contribution in [1.29, 1.82) is 0 Å². The topological polar surface area (TPSA) is 9.23 Å². The number of benzene rings is 2. The van der Waals surface area contributed by atoms with Gasteiger partial charge in [-0.05, 0) is 79.0 Å². The molecule has 0 radical (unpaired) electrons. The van der Waals surface area contributed by atoms with Crippen molar-refractivity contribution >= 4 is 0 Å². The van der Waals surface area contributed by atoms with Crippen LogP contribution in [0.4, 0.5) is 4.39 Å². The Bertz CT molecular complexity index is 835. The minimum absolute atomic E-state index is 0.220. The molecule has 2 heteroatoms. The van der Waals surface area contributed by atoms with Crippen molar-refractivity contribution in [1.82, 2.24) is 0 Å². The molecule has 154 valence electrons. The fourth-order valence-electron chi connectivity index (χ4n) is 4.59. The van der Waals surface area contributed by atoms with Gasteiger partial charge in [0.2, 0.25) is 0 Å². The Morgan fingerprint density at radius 2 is 1.76 bits per heavy atom. The van der Waals surface area contributed by atoms with Crippen molar-refractivity contribution in [3.8, 4) is 17.6 Å². The van der Waals surface area contributed by atoms with E-state index in [0.29, 0.717) is 11.5 Å². The number of hydrogen-bond acceptors (Lipinski definition) is 1. The second kappa shape index (κ2) is 10.5. The van der Waals surface area contributed by atoms with Crippen molar-refractivity contribution in [2.75, 3.05) is 7.11 Å². The monoisotopic (exact) mass is 392 g/mol. The van der Waals surface area contributed by atoms with Gasteiger partial charge in [0.15, 0.2) is 0 Å². The Balaban J connectivity index is 1.59. The van der Waals surface area contributed by atoms with E-state index in [4.69, 9.17) is 4.74 Å². The van der Waals surface area contributed by atoms with E-state index in [2.05, 4.69) is 25.7 Å². The quantitative estimate of drug-likeness (QED) is 0.480. The van der Waals surface area contributed by atoms with Crippen LogP contribution in [-0.2, 0) is 6.42 Å². The molecular formula is C27H33FO. The molecule has 1 fully saturated rings. The van der Waals surface area contributed by atoms with Crippen LogP contribution in [-0.4, -0.2) is 7.11 Å². The number of ether oxygens (including phenoxy) is 1. The molecule has 2 aromatic rings. The molecule has 0 spiro atoms. The first-order valence-electron chi connectivity index (χ1n) is 11.0. The Hall–Kier alpha value is -2.27. The summed E-state index contributed by atoms with van der Waals surface area (Å²) in [7, 11) is 1.63. The van der Waals surface area contributed by atoms with Crippen LogP contribution >= 0.6 is 0 Å². The second-order valence-corrected chi connectivity index (χ2v) is 8.54. The molecule has 1 aliphatic rings. The highest BCUT2D eigenvalue weighted by Gasteiger charge is 2.25. The zero-order valence-electron chi connectivity index (χ0n) is 18.0. The molecule has 0 aliphatic heterocycles. The molecule has 1 atom stereocenters. The first kappa shape index (κ1) is 21.4. The number of halogens is 1. The lowest BCUT2D eigenvalue weighted by Crippen LogP contribution is -2.21. The van der Waals surface area contributed by atoms with E-state index in [1.165, 1.54) is 38.5 Å². The minimum atomic E-state index is -0.220. The molecule has 0 heterocycles. The van der Waals surface area contributed by atoms with Crippen LogP contribution in [0.5, 0.6) is 5.75 Å². The average Bonchev–Trinajstić information content (AvgIpc) is 2.74. The van der Waals surface area contributed by atoms with Gasteiger partial charge in [-0.25, -0.2) is 4.39 Å². The third-order valence-electron chi connectivity index (χ3n) is 6.42. The van der Waals surface area contributed by atoms with Crippen LogP contribution in [0.2, 0.25) is 0 Å². The summed E-state index contributed by atoms with van der Waals surface area (Å²) in [5.74, 6) is 8.88. The summed E-state index contributed by atoms with van der Waals surface area (Å²) in [6.45, 7) is 4.62. The summed E-state index contributed by atoms with van der Waals surface area (Å²) in [6, 6.07) is 13.0. The zero-order chi connectivity index (χ0) is 20.6. The van der Waals surface area contributed by atoms with Crippen molar-refractivity contribution in [2.24, 2.45) is 17.8 Å². The van der Waals surface area contributed by atoms with Gasteiger partial charge in [-0.15, -0.1) is 0 Å². The van der Waals surface area contributed by atoms with Crippen molar-refractivity contribution in [3.63, 3.8) is 0 Å². The number of hydrogen-bond donors (Lipinski definition) is 0. The van der Waals surface area contributed by atoms with Gasteiger partial charge in [-0.3, -0.25) is 0 Å². The van der Waals surface area contributed by atoms with Gasteiger partial charge >= 0.3 is 0 Å². The third kappa shape index (κ3) is 6.10. The average molecular weight is 393 g/mol. The highest BCUT2D eigenvalue weighted by atomic mass is 19.1. The van der Waals surface area contributed by atoms with E-state index < -0.39 is 0 Å². The van der Waals surface area contributed by atoms with Crippen LogP contribution < -0.4 is 4.74 Å². The predicted molar refractivity (Wildman–Crippen MR) is 119 cm³/mol. The maximum absolute atomic E-state index is 14.6. The van der Waals surface area contributed by atoms with E-state index in [1.807, 2.05) is 36.4 Å². The second-order valence-electron chi connectivity index (χ2n) is 8.54. The lowest BCUT2D eigenvalue weighted by atomic mass is 9.74. The first-order valence-corrected chi connectivity index (χ1v) is 11.0. The molecule has 1 nitrogen and oxygen atoms in total. The van der Waals surface area contributed by atoms with E-state index >= 15 is 0 Å². The summed E-state index contributed by atoms with van der Waals surface area (Å²) in [5, 5.41) is 0. The summed E-state index contributed by atoms with van der Waals surface area (Å²) in [6.07, 6.45) is 9.04. The van der Waals surface area contributed by atoms with E-state index in [-0.39, 0.29) is 5.82 Å². The maximum Gasteiger partial charge on any atom is 0.139 e. The molecule has 3 rings (SSSR count). The Labute approximate surface area is 175 Å². The molecule has 1 saturated carbocycles. The van der Waals surface area contributed by atoms with Gasteiger partial charge in [-0.1, -0.05) is 57.4 Å². The highest BCUT2D eigenvalue weighted by molar-refractivity contribution is 5.45. The molecule has 1 unspecified atom stereocenters. The van der Waals surface area contributed by atoms with Crippen LogP contribution in [0.15, 0.2) is 42.5 Å². The van der Waals surface area contributed by atoms with Crippen molar-refractivity contribution < 1.29 is 9.13 Å². The smallest absolute Gasteiger partial charge is 0.139 e. The highest BCUT2D eigenvalue weighted by Crippen LogP contribution is 2.36. The number of methoxy groups -OCH3 is 1. The SMILES string of the molecule is CCCC1CCC(C(C)Cc2ccc(C#Cc3ccc(OC)cc3)c(F)c2)CC1. The van der Waals surface area contributed by atoms with Crippen LogP contribution in [0.25, 0.3) is 0 Å². The molecule has 0 aromatic heterocycles. The lowest BCUT2D eigenvalue weighted by Gasteiger charge is -2.32. The fraction of sp³-hybridized carbons (Fsp3) is 0.481. The van der Waals surface area contributed by atoms with E-state index in [0.717, 1.165) is 35.1 Å². The normalized spacial score (nSPS) is 19.9. The molecular weight excluding hydrogens is 359 g/mol. The Morgan fingerprint density at radius 3 is 2.38 bits per heavy atom. The lowest BCUT2D eigenvalue weighted by molar-refractivity contribution is 0.206. The Kier molecular flexibility index (Phi) is 7.76. The molecule has 2 aromatic carbocycles. The van der Waals surface area contributed by atoms with Crippen molar-refractivity contribution in [3.05, 3.63) is 65.0 Å². The van der Waals surface area contributed by atoms with Crippen LogP contribution in [0.3, 0.4) is 0 Å². The molecule has 0 bridgehead atoms. The third-order valence-corrected chi connectivity index (χ3v) is 6.42. The minimum Gasteiger partial charge on any atom is -0.497 e. The molecule has 0 N–H and O–H groups in total. The predicted octanol–water partition coefficient (Wildman–Crippen LogP) is 7.02. The maximum atomic E-state index is 14.6. The van der Waals surface area contributed by atoms with Crippen LogP contribution in [0.1, 0.15) is 69.1 Å². The number of rotatable bonds is 6. The fourth-order valence-corrected chi connectivity index (χ4v) is 4.59. The summed E-state index contributed by atoms with van der Waals surface area (Å²) in [5.41, 5.74) is 2.39. The van der Waals surface area contributed by atoms with Gasteiger partial charge in [0.1, 0.15) is 11.6 Å². The van der Waals surface area contributed by atoms with Crippen LogP contribution in [0, 0.1) is 35.4 Å². The van der Waals surface area contributed by atoms with Gasteiger partial charge in [0.05, 0.1) is 12.7 Å². The molecule has 0 amide bonds. The summed E-state index contributed by atoms with van der Waals surface area (Å²) >= 11 is 0. The summed E-state index contributed by atoms with van der Waals surface area (Å²) < 4.78 is 19.7. The largest absolute Gasteiger partial charge is 0.497 e.